The molecule has 9 heteroatoms. The largest absolute Gasteiger partial charge is 0.466 e. The topological polar surface area (TPSA) is 84.7 Å². The lowest BCUT2D eigenvalue weighted by Gasteiger charge is -2.31. The number of ether oxygens (including phenoxy) is 1. The molecule has 2 aliphatic rings. The molecule has 0 amide bonds. The van der Waals surface area contributed by atoms with Gasteiger partial charge in [0.25, 0.3) is 0 Å². The van der Waals surface area contributed by atoms with Gasteiger partial charge in [-0.1, -0.05) is 0 Å². The van der Waals surface area contributed by atoms with Crippen molar-refractivity contribution in [1.82, 2.24) is 19.0 Å². The number of hydrogen-bond donors (Lipinski definition) is 0. The average molecular weight is 385 g/mol. The number of sulfonamides is 1. The van der Waals surface area contributed by atoms with Gasteiger partial charge in [-0.3, -0.25) is 14.4 Å². The number of rotatable bonds is 5. The maximum atomic E-state index is 12.8. The van der Waals surface area contributed by atoms with Crippen LogP contribution in [0.5, 0.6) is 0 Å². The first-order valence-electron chi connectivity index (χ1n) is 9.07. The van der Waals surface area contributed by atoms with Crippen LogP contribution >= 0.6 is 0 Å². The van der Waals surface area contributed by atoms with E-state index >= 15 is 0 Å². The van der Waals surface area contributed by atoms with Crippen molar-refractivity contribution in [1.29, 1.82) is 0 Å². The van der Waals surface area contributed by atoms with Gasteiger partial charge in [0.2, 0.25) is 10.0 Å². The maximum Gasteiger partial charge on any atom is 0.313 e. The van der Waals surface area contributed by atoms with Crippen molar-refractivity contribution in [2.75, 3.05) is 39.0 Å². The lowest BCUT2D eigenvalue weighted by Crippen LogP contribution is -2.42. The van der Waals surface area contributed by atoms with Crippen LogP contribution in [0.3, 0.4) is 0 Å². The van der Waals surface area contributed by atoms with Gasteiger partial charge < -0.3 is 4.74 Å². The highest BCUT2D eigenvalue weighted by molar-refractivity contribution is 7.88. The molecule has 3 rings (SSSR count). The van der Waals surface area contributed by atoms with Crippen molar-refractivity contribution in [2.24, 2.45) is 18.4 Å². The van der Waals surface area contributed by atoms with Crippen LogP contribution in [-0.4, -0.2) is 72.4 Å². The minimum absolute atomic E-state index is 0.0598. The number of hydrogen-bond acceptors (Lipinski definition) is 6. The number of carbonyl (C=O) groups excluding carboxylic acids is 1. The van der Waals surface area contributed by atoms with Crippen molar-refractivity contribution in [2.45, 2.75) is 26.3 Å². The molecule has 0 spiro atoms. The normalized spacial score (nSPS) is 27.9. The Kier molecular flexibility index (Phi) is 5.41. The molecule has 26 heavy (non-hydrogen) atoms. The van der Waals surface area contributed by atoms with Gasteiger partial charge in [-0.15, -0.1) is 0 Å². The number of nitrogens with zero attached hydrogens (tertiary/aromatic N) is 4. The van der Waals surface area contributed by atoms with E-state index in [4.69, 9.17) is 4.74 Å². The van der Waals surface area contributed by atoms with Gasteiger partial charge >= 0.3 is 5.97 Å². The molecule has 0 saturated carbocycles. The zero-order valence-corrected chi connectivity index (χ0v) is 16.5. The highest BCUT2D eigenvalue weighted by Gasteiger charge is 2.55. The fraction of sp³-hybridized carbons (Fsp3) is 0.765. The molecule has 1 aromatic rings. The van der Waals surface area contributed by atoms with E-state index in [1.165, 1.54) is 10.6 Å². The molecule has 3 heterocycles. The zero-order valence-electron chi connectivity index (χ0n) is 15.7. The van der Waals surface area contributed by atoms with Crippen molar-refractivity contribution in [3.05, 3.63) is 18.0 Å². The van der Waals surface area contributed by atoms with E-state index in [2.05, 4.69) is 10.00 Å². The molecule has 1 aromatic heterocycles. The molecule has 2 aliphatic heterocycles. The van der Waals surface area contributed by atoms with Crippen LogP contribution in [0.15, 0.2) is 12.4 Å². The summed E-state index contributed by atoms with van der Waals surface area (Å²) >= 11 is 0. The Labute approximate surface area is 155 Å². The first-order valence-corrected chi connectivity index (χ1v) is 10.9. The van der Waals surface area contributed by atoms with Crippen LogP contribution in [-0.2, 0) is 33.1 Å². The molecular formula is C17H28N4O4S. The Bertz CT molecular complexity index is 763. The first kappa shape index (κ1) is 19.3. The fourth-order valence-electron chi connectivity index (χ4n) is 4.28. The van der Waals surface area contributed by atoms with Crippen molar-refractivity contribution < 1.29 is 17.9 Å². The van der Waals surface area contributed by atoms with Gasteiger partial charge in [0.15, 0.2) is 0 Å². The molecule has 0 bridgehead atoms. The number of aryl methyl sites for hydroxylation is 1. The molecule has 0 aliphatic carbocycles. The molecule has 146 valence electrons. The standard InChI is InChI=1S/C17H28N4O4S/c1-4-25-16(22)17-6-5-7-20(10-14-8-18-19(2)9-14)11-15(17)12-21(13-17)26(3,23)24/h8-9,15H,4-7,10-13H2,1-3H3/t15-,17-/m0/s1. The summed E-state index contributed by atoms with van der Waals surface area (Å²) in [5.74, 6) is -0.310. The van der Waals surface area contributed by atoms with E-state index in [1.54, 1.807) is 11.6 Å². The summed E-state index contributed by atoms with van der Waals surface area (Å²) in [5.41, 5.74) is 0.386. The van der Waals surface area contributed by atoms with Crippen molar-refractivity contribution >= 4 is 16.0 Å². The summed E-state index contributed by atoms with van der Waals surface area (Å²) in [6.45, 7) is 5.02. The third kappa shape index (κ3) is 3.79. The number of esters is 1. The summed E-state index contributed by atoms with van der Waals surface area (Å²) < 4.78 is 32.8. The average Bonchev–Trinajstić information content (AvgIpc) is 3.08. The Morgan fingerprint density at radius 1 is 1.42 bits per heavy atom. The van der Waals surface area contributed by atoms with Gasteiger partial charge in [0, 0.05) is 50.9 Å². The smallest absolute Gasteiger partial charge is 0.313 e. The quantitative estimate of drug-likeness (QED) is 0.686. The molecule has 0 radical (unpaired) electrons. The molecule has 0 aromatic carbocycles. The summed E-state index contributed by atoms with van der Waals surface area (Å²) in [6.07, 6.45) is 6.55. The Balaban J connectivity index is 1.83. The molecule has 2 fully saturated rings. The number of fused-ring (bicyclic) bond motifs is 1. The molecule has 0 unspecified atom stereocenters. The van der Waals surface area contributed by atoms with Crippen LogP contribution in [0, 0.1) is 11.3 Å². The number of carbonyl (C=O) groups is 1. The number of aromatic nitrogens is 2. The van der Waals surface area contributed by atoms with Crippen LogP contribution in [0.2, 0.25) is 0 Å². The van der Waals surface area contributed by atoms with Crippen LogP contribution in [0.4, 0.5) is 0 Å². The van der Waals surface area contributed by atoms with Crippen LogP contribution in [0.25, 0.3) is 0 Å². The van der Waals surface area contributed by atoms with E-state index in [-0.39, 0.29) is 18.4 Å². The summed E-state index contributed by atoms with van der Waals surface area (Å²) in [6, 6.07) is 0. The van der Waals surface area contributed by atoms with Crippen LogP contribution in [0.1, 0.15) is 25.3 Å². The SMILES string of the molecule is CCOC(=O)[C@]12CCCN(Cc3cnn(C)c3)C[C@H]1CN(S(C)(=O)=O)C2. The highest BCUT2D eigenvalue weighted by atomic mass is 32.2. The van der Waals surface area contributed by atoms with E-state index in [0.29, 0.717) is 26.1 Å². The van der Waals surface area contributed by atoms with E-state index in [9.17, 15) is 13.2 Å². The lowest BCUT2D eigenvalue weighted by molar-refractivity contribution is -0.157. The van der Waals surface area contributed by atoms with E-state index in [1.807, 2.05) is 19.4 Å². The highest BCUT2D eigenvalue weighted by Crippen LogP contribution is 2.44. The molecule has 8 nitrogen and oxygen atoms in total. The second-order valence-corrected chi connectivity index (χ2v) is 9.47. The second kappa shape index (κ2) is 7.28. The van der Waals surface area contributed by atoms with Crippen LogP contribution < -0.4 is 0 Å². The third-order valence-electron chi connectivity index (χ3n) is 5.56. The second-order valence-electron chi connectivity index (χ2n) is 7.49. The summed E-state index contributed by atoms with van der Waals surface area (Å²) in [4.78, 5) is 15.1. The minimum Gasteiger partial charge on any atom is -0.466 e. The van der Waals surface area contributed by atoms with Crippen molar-refractivity contribution in [3.8, 4) is 0 Å². The maximum absolute atomic E-state index is 12.8. The Morgan fingerprint density at radius 2 is 2.19 bits per heavy atom. The van der Waals surface area contributed by atoms with Gasteiger partial charge in [-0.25, -0.2) is 12.7 Å². The van der Waals surface area contributed by atoms with Gasteiger partial charge in [-0.2, -0.15) is 5.10 Å². The third-order valence-corrected chi connectivity index (χ3v) is 6.77. The zero-order chi connectivity index (χ0) is 18.9. The first-order chi connectivity index (χ1) is 12.2. The Hall–Kier alpha value is -1.45. The molecule has 2 saturated heterocycles. The monoisotopic (exact) mass is 384 g/mol. The molecular weight excluding hydrogens is 356 g/mol. The lowest BCUT2D eigenvalue weighted by atomic mass is 9.75. The van der Waals surface area contributed by atoms with Crippen molar-refractivity contribution in [3.63, 3.8) is 0 Å². The van der Waals surface area contributed by atoms with Gasteiger partial charge in [0.05, 0.1) is 24.5 Å². The van der Waals surface area contributed by atoms with E-state index in [0.717, 1.165) is 25.1 Å². The number of likely N-dealkylation sites (tertiary alicyclic amines) is 1. The summed E-state index contributed by atoms with van der Waals surface area (Å²) in [5, 5.41) is 4.21. The molecule has 2 atom stereocenters. The predicted octanol–water partition coefficient (Wildman–Crippen LogP) is 0.457. The fourth-order valence-corrected chi connectivity index (χ4v) is 5.20. The van der Waals surface area contributed by atoms with Gasteiger partial charge in [-0.05, 0) is 26.3 Å². The summed E-state index contributed by atoms with van der Waals surface area (Å²) in [7, 11) is -1.45. The Morgan fingerprint density at radius 3 is 2.81 bits per heavy atom. The van der Waals surface area contributed by atoms with E-state index < -0.39 is 15.4 Å². The predicted molar refractivity (Wildman–Crippen MR) is 96.7 cm³/mol. The van der Waals surface area contributed by atoms with Gasteiger partial charge in [0.1, 0.15) is 0 Å². The molecule has 0 N–H and O–H groups in total. The minimum atomic E-state index is -3.34.